The number of ether oxygens (including phenoxy) is 5. The van der Waals surface area contributed by atoms with E-state index in [1.807, 2.05) is 0 Å². The van der Waals surface area contributed by atoms with Crippen molar-refractivity contribution < 1.29 is 90.4 Å². The van der Waals surface area contributed by atoms with Crippen molar-refractivity contribution in [3.8, 4) is 46.0 Å². The van der Waals surface area contributed by atoms with E-state index < -0.39 is 5.97 Å². The van der Waals surface area contributed by atoms with Gasteiger partial charge in [0.1, 0.15) is 122 Å². The first-order valence-electron chi connectivity index (χ1n) is 30.5. The van der Waals surface area contributed by atoms with Crippen molar-refractivity contribution in [2.24, 2.45) is 10.8 Å². The van der Waals surface area contributed by atoms with E-state index in [0.29, 0.717) is 94.9 Å². The summed E-state index contributed by atoms with van der Waals surface area (Å²) in [6, 6.07) is 40.0. The number of esters is 1. The zero-order valence-corrected chi connectivity index (χ0v) is 58.0. The lowest BCUT2D eigenvalue weighted by Gasteiger charge is -2.02. The van der Waals surface area contributed by atoms with Gasteiger partial charge < -0.3 is 86.6 Å². The number of methoxy groups -OCH3 is 4. The van der Waals surface area contributed by atoms with E-state index in [-0.39, 0.29) is 147 Å². The number of aromatic hydroxyl groups is 4. The Bertz CT molecular complexity index is 5430. The van der Waals surface area contributed by atoms with Crippen LogP contribution >= 0.6 is 24.0 Å². The number of Topliss-reactive ketones (excluding diaryl/α,β-unsaturated/α-hetero) is 1. The fourth-order valence-electron chi connectivity index (χ4n) is 9.21. The highest BCUT2D eigenvalue weighted by Crippen LogP contribution is 2.26. The molecule has 13 rings (SSSR count). The standard InChI is InChI=1S/C12H10O5.C11H9ClO3.C11H9N3O3.C11H11NO3.C11H10O4.C10H8O4.C8H8O3.ClH/c1-2-16-12(15)11-6-9(14)8-4-3-7(13)5-10(8)17-11;1-14-7-2-3-9-10(13)4-8(6-12)15-11(9)5-7;1-16-7-2-3-9-10(15)4-8(6-13-14-12)17-11(9)5-7;2*1-14-7-2-3-9-10(13)4-8(6-12)15-11(9)5-7;11-5-7-4-9(13)8-2-1-6(12)3-10(8)14-7;1-5(9)7-3-2-6(10)4-8(7)11;/h3-6,13H,2H2,1H3;2-5H,6H2,1H3;2-5H,6H2,1H3;2-5H,6,12H2,1H3;2-5,12H,6H2,1H3;1-4,11-12H,5H2;2-4,10-11H,1H3;1H. The average Bonchev–Trinajstić information content (AvgIpc) is 0.513. The van der Waals surface area contributed by atoms with Gasteiger partial charge in [0.2, 0.25) is 5.76 Å². The Morgan fingerprint density at radius 2 is 0.781 bits per heavy atom. The number of rotatable bonds is 13. The highest BCUT2D eigenvalue weighted by Gasteiger charge is 2.15. The topological polar surface area (TPSA) is 458 Å². The number of benzene rings is 7. The third-order valence-corrected chi connectivity index (χ3v) is 14.5. The van der Waals surface area contributed by atoms with Crippen LogP contribution in [0.3, 0.4) is 0 Å². The monoisotopic (exact) mass is 1480 g/mol. The molecular weight excluding hydrogens is 1420 g/mol. The molecule has 0 fully saturated rings. The second-order valence-corrected chi connectivity index (χ2v) is 21.5. The van der Waals surface area contributed by atoms with Gasteiger partial charge in [0.15, 0.2) is 38.4 Å². The lowest BCUT2D eigenvalue weighted by Crippen LogP contribution is -2.09. The number of aliphatic hydroxyl groups is 2. The third kappa shape index (κ3) is 22.1. The van der Waals surface area contributed by atoms with Crippen LogP contribution in [0.1, 0.15) is 63.6 Å². The largest absolute Gasteiger partial charge is 0.508 e. The summed E-state index contributed by atoms with van der Waals surface area (Å²) < 4.78 is 56.8. The number of aliphatic hydroxyl groups excluding tert-OH is 2. The number of azide groups is 1. The van der Waals surface area contributed by atoms with E-state index in [0.717, 1.165) is 12.1 Å². The molecule has 0 aliphatic carbocycles. The molecule has 105 heavy (non-hydrogen) atoms. The van der Waals surface area contributed by atoms with Crippen molar-refractivity contribution in [2.75, 3.05) is 35.0 Å². The summed E-state index contributed by atoms with van der Waals surface area (Å²) in [6.45, 7) is 2.81. The highest BCUT2D eigenvalue weighted by atomic mass is 35.5. The second kappa shape index (κ2) is 38.8. The molecule has 0 amide bonds. The summed E-state index contributed by atoms with van der Waals surface area (Å²) in [5.41, 5.74) is 15.0. The van der Waals surface area contributed by atoms with Crippen molar-refractivity contribution >= 4 is 102 Å². The Labute approximate surface area is 602 Å². The van der Waals surface area contributed by atoms with Gasteiger partial charge in [-0.2, -0.15) is 0 Å². The molecule has 0 aliphatic rings. The Hall–Kier alpha value is -12.9. The molecule has 0 atom stereocenters. The van der Waals surface area contributed by atoms with Crippen LogP contribution in [-0.2, 0) is 36.9 Å². The number of phenols is 4. The number of hydrogen-bond acceptors (Lipinski definition) is 27. The van der Waals surface area contributed by atoms with Crippen LogP contribution in [-0.4, -0.2) is 77.4 Å². The quantitative estimate of drug-likeness (QED) is 0.0141. The molecule has 6 aromatic heterocycles. The lowest BCUT2D eigenvalue weighted by atomic mass is 10.1. The minimum atomic E-state index is -0.699. The SMILES string of the molecule is CC(=O)c1ccc(O)cc1O.CCOC(=O)c1cc(=O)c2ccc(O)cc2o1.COc1ccc2c(=O)cc(CCl)oc2c1.COc1ccc2c(=O)cc(CN)oc2c1.COc1ccc2c(=O)cc(CN=[N+]=[N-])oc2c1.COc1ccc2c(=O)cc(CO)oc2c1.Cl.O=c1cc(CO)oc2cc(O)ccc12. The summed E-state index contributed by atoms with van der Waals surface area (Å²) >= 11 is 5.61. The van der Waals surface area contributed by atoms with Crippen molar-refractivity contribution in [1.29, 1.82) is 0 Å². The van der Waals surface area contributed by atoms with Crippen LogP contribution in [0.5, 0.6) is 46.0 Å². The molecule has 31 heteroatoms. The van der Waals surface area contributed by atoms with Gasteiger partial charge in [-0.1, -0.05) is 5.11 Å². The molecule has 546 valence electrons. The molecule has 0 radical (unpaired) electrons. The molecule has 0 unspecified atom stereocenters. The van der Waals surface area contributed by atoms with Crippen molar-refractivity contribution in [2.45, 2.75) is 46.0 Å². The van der Waals surface area contributed by atoms with Gasteiger partial charge in [-0.05, 0) is 104 Å². The molecule has 8 N–H and O–H groups in total. The predicted molar refractivity (Wildman–Crippen MR) is 390 cm³/mol. The Morgan fingerprint density at radius 3 is 1.14 bits per heavy atom. The fourth-order valence-corrected chi connectivity index (χ4v) is 9.34. The number of phenolic OH excluding ortho intramolecular Hbond substituents is 4. The fraction of sp³-hybridized carbons (Fsp3) is 0.162. The van der Waals surface area contributed by atoms with Gasteiger partial charge in [-0.3, -0.25) is 33.6 Å². The molecule has 13 aromatic rings. The maximum atomic E-state index is 11.7. The number of carbonyl (C=O) groups is 2. The maximum Gasteiger partial charge on any atom is 0.374 e. The molecule has 0 spiro atoms. The van der Waals surface area contributed by atoms with Crippen LogP contribution in [0, 0.1) is 0 Å². The van der Waals surface area contributed by atoms with E-state index in [1.165, 1.54) is 100 Å². The normalized spacial score (nSPS) is 10.2. The van der Waals surface area contributed by atoms with E-state index in [2.05, 4.69) is 10.0 Å². The minimum absolute atomic E-state index is 0. The second-order valence-electron chi connectivity index (χ2n) is 21.2. The number of fused-ring (bicyclic) bond motifs is 6. The van der Waals surface area contributed by atoms with E-state index in [4.69, 9.17) is 98.6 Å². The molecule has 6 heterocycles. The van der Waals surface area contributed by atoms with Gasteiger partial charge in [0.05, 0.1) is 91.9 Å². The number of nitrogens with two attached hydrogens (primary N) is 1. The third-order valence-electron chi connectivity index (χ3n) is 14.2. The van der Waals surface area contributed by atoms with Gasteiger partial charge in [-0.15, -0.1) is 24.0 Å². The van der Waals surface area contributed by atoms with Gasteiger partial charge in [-0.25, -0.2) is 4.79 Å². The molecule has 0 saturated carbocycles. The number of carbonyl (C=O) groups excluding carboxylic acids is 2. The molecule has 0 bridgehead atoms. The van der Waals surface area contributed by atoms with E-state index in [9.17, 15) is 43.5 Å². The molecular formula is C74H66Cl2N4O25. The van der Waals surface area contributed by atoms with Crippen molar-refractivity contribution in [1.82, 2.24) is 0 Å². The number of hydrogen-bond donors (Lipinski definition) is 7. The van der Waals surface area contributed by atoms with Gasteiger partial charge in [0.25, 0.3) is 0 Å². The minimum Gasteiger partial charge on any atom is -0.508 e. The summed E-state index contributed by atoms with van der Waals surface area (Å²) in [6.07, 6.45) is 0. The number of nitrogens with zero attached hydrogens (tertiary/aromatic N) is 3. The molecule has 0 aliphatic heterocycles. The van der Waals surface area contributed by atoms with Crippen LogP contribution in [0.2, 0.25) is 0 Å². The number of alkyl halides is 1. The zero-order chi connectivity index (χ0) is 75.7. The summed E-state index contributed by atoms with van der Waals surface area (Å²) in [5, 5.41) is 60.1. The summed E-state index contributed by atoms with van der Waals surface area (Å²) in [5.74, 6) is 3.06. The molecule has 7 aromatic carbocycles. The van der Waals surface area contributed by atoms with E-state index >= 15 is 0 Å². The van der Waals surface area contributed by atoms with Crippen LogP contribution < -0.4 is 57.3 Å². The zero-order valence-electron chi connectivity index (χ0n) is 56.5. The van der Waals surface area contributed by atoms with Crippen LogP contribution in [0.15, 0.2) is 224 Å². The highest BCUT2D eigenvalue weighted by molar-refractivity contribution is 6.16. The number of halogens is 2. The van der Waals surface area contributed by atoms with Gasteiger partial charge >= 0.3 is 5.97 Å². The van der Waals surface area contributed by atoms with E-state index in [1.54, 1.807) is 93.9 Å². The first-order chi connectivity index (χ1) is 49.9. The average molecular weight is 1480 g/mol. The first-order valence-corrected chi connectivity index (χ1v) is 31.1. The first kappa shape index (κ1) is 81.1. The Morgan fingerprint density at radius 1 is 0.457 bits per heavy atom. The Kier molecular flexibility index (Phi) is 29.9. The predicted octanol–water partition coefficient (Wildman–Crippen LogP) is 12.1. The van der Waals surface area contributed by atoms with Crippen LogP contribution in [0.25, 0.3) is 76.3 Å². The van der Waals surface area contributed by atoms with Crippen LogP contribution in [0.4, 0.5) is 0 Å². The Balaban J connectivity index is 0.000000192. The summed E-state index contributed by atoms with van der Waals surface area (Å²) in [7, 11) is 6.19. The smallest absolute Gasteiger partial charge is 0.374 e. The maximum absolute atomic E-state index is 11.7. The molecule has 29 nitrogen and oxygen atoms in total. The molecule has 0 saturated heterocycles. The lowest BCUT2D eigenvalue weighted by molar-refractivity contribution is 0.0490. The summed E-state index contributed by atoms with van der Waals surface area (Å²) in [4.78, 5) is 94.3. The van der Waals surface area contributed by atoms with Crippen molar-refractivity contribution in [3.63, 3.8) is 0 Å². The van der Waals surface area contributed by atoms with Crippen molar-refractivity contribution in [3.05, 3.63) is 276 Å². The van der Waals surface area contributed by atoms with Gasteiger partial charge in [0, 0.05) is 83.8 Å². The number of ketones is 1.